The molecule has 83 heavy (non-hydrogen) atoms. The maximum Gasteiger partial charge on any atom is 0.338 e. The fourth-order valence-electron chi connectivity index (χ4n) is 9.26. The van der Waals surface area contributed by atoms with Crippen molar-refractivity contribution in [1.82, 2.24) is 4.57 Å². The molecule has 1 unspecified atom stereocenters. The number of esters is 1. The number of pyridine rings is 1. The van der Waals surface area contributed by atoms with E-state index >= 15 is 0 Å². The summed E-state index contributed by atoms with van der Waals surface area (Å²) >= 11 is 12.8. The molecule has 7 rings (SSSR count). The molecule has 0 saturated carbocycles. The van der Waals surface area contributed by atoms with Gasteiger partial charge < -0.3 is 29.7 Å². The zero-order valence-corrected chi connectivity index (χ0v) is 49.2. The number of allylic oxidation sites excluding steroid dienone is 5. The summed E-state index contributed by atoms with van der Waals surface area (Å²) in [5.41, 5.74) is 4.98. The number of hydrogen-bond acceptors (Lipinski definition) is 11. The fourth-order valence-corrected chi connectivity index (χ4v) is 9.64. The van der Waals surface area contributed by atoms with Crippen LogP contribution in [-0.2, 0) is 19.1 Å². The van der Waals surface area contributed by atoms with E-state index in [0.29, 0.717) is 11.3 Å². The molecule has 0 bridgehead atoms. The first-order chi connectivity index (χ1) is 39.9. The summed E-state index contributed by atoms with van der Waals surface area (Å²) in [4.78, 5) is 74.9. The number of para-hydroxylation sites is 1. The molecule has 0 radical (unpaired) electrons. The van der Waals surface area contributed by atoms with E-state index in [1.54, 1.807) is 56.3 Å². The van der Waals surface area contributed by atoms with Crippen LogP contribution >= 0.6 is 23.2 Å². The van der Waals surface area contributed by atoms with Crippen molar-refractivity contribution in [3.8, 4) is 17.6 Å². The summed E-state index contributed by atoms with van der Waals surface area (Å²) in [7, 11) is 3.96. The number of hydrogen-bond donors (Lipinski definition) is 2. The molecule has 2 heterocycles. The standard InChI is InChI=1S/C46H48Cl2N4O6.C20H18N4O/c1-6-7-8-9-10-11-12-13-14-18-25-58-46(57)32-22-24-36(47)38(27-32)51-41-42(53)33(31(4)40(50-5)43(41)54)19-16-15-17-20-34-30(3)35(28-49)45(56)52(44(34)55)39-26-29(2)21-23-37(39)48;1-14-12-17(23(3)4)11-10-15(14)13-18-19(21-2)22-24(20(18)25)16-8-6-5-7-9-16/h15-17,19-24,26-27,41,51,55H,6-14,18,25H2,1-4H3;5-13H,1,3-4H3/b16-15+,20-17+,33-19-;. The Morgan fingerprint density at radius 2 is 1.49 bits per heavy atom. The van der Waals surface area contributed by atoms with Gasteiger partial charge >= 0.3 is 11.8 Å². The van der Waals surface area contributed by atoms with Gasteiger partial charge in [-0.1, -0.05) is 155 Å². The van der Waals surface area contributed by atoms with Crippen LogP contribution in [0.4, 0.5) is 17.1 Å². The topological polar surface area (TPSA) is 183 Å². The van der Waals surface area contributed by atoms with Crippen molar-refractivity contribution in [3.63, 3.8) is 0 Å². The van der Waals surface area contributed by atoms with Crippen LogP contribution < -0.4 is 20.8 Å². The number of halogens is 2. The van der Waals surface area contributed by atoms with Crippen molar-refractivity contribution in [2.75, 3.05) is 35.9 Å². The molecule has 15 nitrogen and oxygen atoms in total. The molecule has 1 aliphatic heterocycles. The minimum Gasteiger partial charge on any atom is -0.494 e. The largest absolute Gasteiger partial charge is 0.494 e. The number of carbonyl (C=O) groups is 4. The molecule has 426 valence electrons. The number of unbranched alkanes of at least 4 members (excludes halogenated alkanes) is 9. The van der Waals surface area contributed by atoms with Gasteiger partial charge in [-0.3, -0.25) is 14.4 Å². The summed E-state index contributed by atoms with van der Waals surface area (Å²) in [5.74, 6) is -2.48. The quantitative estimate of drug-likeness (QED) is 0.0179. The van der Waals surface area contributed by atoms with Gasteiger partial charge in [-0.2, -0.15) is 5.26 Å². The molecule has 2 N–H and O–H groups in total. The first-order valence-corrected chi connectivity index (χ1v) is 28.1. The van der Waals surface area contributed by atoms with Gasteiger partial charge in [0.15, 0.2) is 11.6 Å². The third-order valence-corrected chi connectivity index (χ3v) is 14.7. The zero-order chi connectivity index (χ0) is 60.3. The van der Waals surface area contributed by atoms with E-state index in [2.05, 4.69) is 33.1 Å². The molecule has 0 spiro atoms. The second-order valence-electron chi connectivity index (χ2n) is 20.2. The number of hydrazone groups is 1. The number of amides is 1. The highest BCUT2D eigenvalue weighted by atomic mass is 35.5. The fraction of sp³-hybridized carbons (Fsp3) is 0.288. The molecular weight excluding hydrogens is 1090 g/mol. The summed E-state index contributed by atoms with van der Waals surface area (Å²) in [6.07, 6.45) is 20.9. The highest BCUT2D eigenvalue weighted by molar-refractivity contribution is 6.35. The van der Waals surface area contributed by atoms with Crippen molar-refractivity contribution >= 4 is 81.7 Å². The average Bonchev–Trinajstić information content (AvgIpc) is 3.22. The molecule has 1 aromatic heterocycles. The second-order valence-corrected chi connectivity index (χ2v) is 21.0. The Morgan fingerprint density at radius 3 is 2.13 bits per heavy atom. The lowest BCUT2D eigenvalue weighted by Crippen LogP contribution is -2.42. The van der Waals surface area contributed by atoms with Crippen LogP contribution in [0.2, 0.25) is 10.0 Å². The maximum absolute atomic E-state index is 13.8. The lowest BCUT2D eigenvalue weighted by Gasteiger charge is -2.25. The predicted octanol–water partition coefficient (Wildman–Crippen LogP) is 14.5. The van der Waals surface area contributed by atoms with E-state index in [9.17, 15) is 34.3 Å². The number of aryl methyl sites for hydroxylation is 2. The second kappa shape index (κ2) is 30.1. The van der Waals surface area contributed by atoms with Crippen LogP contribution in [0.5, 0.6) is 5.88 Å². The molecule has 17 heteroatoms. The summed E-state index contributed by atoms with van der Waals surface area (Å²) in [6.45, 7) is 24.4. The van der Waals surface area contributed by atoms with Gasteiger partial charge in [0.1, 0.15) is 17.7 Å². The minimum absolute atomic E-state index is 0.101. The number of aromatic nitrogens is 1. The summed E-state index contributed by atoms with van der Waals surface area (Å²) < 4.78 is 6.48. The number of ether oxygens (including phenoxy) is 1. The maximum atomic E-state index is 13.8. The number of nitrogens with zero attached hydrogens (tertiary/aromatic N) is 7. The van der Waals surface area contributed by atoms with E-state index < -0.39 is 35.0 Å². The minimum atomic E-state index is -1.49. The number of anilines is 3. The molecule has 0 fully saturated rings. The van der Waals surface area contributed by atoms with Crippen LogP contribution in [0, 0.1) is 45.2 Å². The van der Waals surface area contributed by atoms with Gasteiger partial charge in [0.2, 0.25) is 11.6 Å². The highest BCUT2D eigenvalue weighted by Crippen LogP contribution is 2.33. The summed E-state index contributed by atoms with van der Waals surface area (Å²) in [6, 6.07) is 24.9. The first-order valence-electron chi connectivity index (χ1n) is 27.3. The monoisotopic (exact) mass is 1150 g/mol. The number of nitriles is 1. The number of Topliss-reactive ketones (excluding diaryl/α,β-unsaturated/α-hetero) is 2. The van der Waals surface area contributed by atoms with E-state index in [-0.39, 0.29) is 78.9 Å². The third-order valence-electron chi connectivity index (χ3n) is 14.0. The van der Waals surface area contributed by atoms with Crippen LogP contribution in [0.1, 0.15) is 122 Å². The summed E-state index contributed by atoms with van der Waals surface area (Å²) in [5, 5.41) is 29.7. The molecule has 4 aromatic carbocycles. The Bertz CT molecular complexity index is 3680. The van der Waals surface area contributed by atoms with E-state index in [4.69, 9.17) is 41.1 Å². The Kier molecular flexibility index (Phi) is 22.9. The van der Waals surface area contributed by atoms with Gasteiger partial charge in [-0.25, -0.2) is 14.2 Å². The Morgan fingerprint density at radius 1 is 0.819 bits per heavy atom. The van der Waals surface area contributed by atoms with Gasteiger partial charge in [-0.15, -0.1) is 5.01 Å². The van der Waals surface area contributed by atoms with Crippen molar-refractivity contribution < 1.29 is 29.0 Å². The van der Waals surface area contributed by atoms with E-state index in [1.807, 2.05) is 62.3 Å². The number of aromatic hydroxyl groups is 1. The smallest absolute Gasteiger partial charge is 0.338 e. The molecule has 5 aromatic rings. The SMILES string of the molecule is [C-]#[N+]C1=C(C)/C(=C/C=C/C=C/c2c(C)c(C#N)c(=O)n(-c3cc(C)ccc3Cl)c2O)C(=O)C(Nc2cc(C(=O)OCCCCCCCCCCCC)ccc2Cl)C1=O.[C-]#[N+]C1=NN(c2ccccc2)C(=O)C1=Cc1ccc(N(C)C)cc1C. The Hall–Kier alpha value is -9.07. The van der Waals surface area contributed by atoms with Crippen LogP contribution in [-0.4, -0.2) is 65.7 Å². The Labute approximate surface area is 495 Å². The molecule has 0 saturated heterocycles. The molecule has 2 aliphatic rings. The van der Waals surface area contributed by atoms with Gasteiger partial charge in [0.05, 0.1) is 51.4 Å². The average molecular weight is 1150 g/mol. The third kappa shape index (κ3) is 15.7. The number of benzene rings is 4. The van der Waals surface area contributed by atoms with Crippen LogP contribution in [0.15, 0.2) is 142 Å². The predicted molar refractivity (Wildman–Crippen MR) is 331 cm³/mol. The van der Waals surface area contributed by atoms with Crippen LogP contribution in [0.25, 0.3) is 27.5 Å². The molecule has 1 atom stereocenters. The van der Waals surface area contributed by atoms with Crippen molar-refractivity contribution in [3.05, 3.63) is 214 Å². The lowest BCUT2D eigenvalue weighted by molar-refractivity contribution is -0.124. The lowest BCUT2D eigenvalue weighted by atomic mass is 9.85. The molecule has 1 amide bonds. The normalized spacial score (nSPS) is 15.1. The zero-order valence-electron chi connectivity index (χ0n) is 47.7. The van der Waals surface area contributed by atoms with Crippen molar-refractivity contribution in [1.29, 1.82) is 5.26 Å². The molecular formula is C66H66Cl2N8O7. The Balaban J connectivity index is 0.000000365. The van der Waals surface area contributed by atoms with Crippen molar-refractivity contribution in [2.45, 2.75) is 105 Å². The first kappa shape index (κ1) is 63.1. The number of nitrogens with one attached hydrogen (secondary N) is 1. The molecule has 1 aliphatic carbocycles. The van der Waals surface area contributed by atoms with Crippen molar-refractivity contribution in [2.24, 2.45) is 5.10 Å². The van der Waals surface area contributed by atoms with E-state index in [0.717, 1.165) is 46.2 Å². The highest BCUT2D eigenvalue weighted by Gasteiger charge is 2.39. The van der Waals surface area contributed by atoms with Crippen LogP contribution in [0.3, 0.4) is 0 Å². The number of carbonyl (C=O) groups excluding carboxylic acids is 4. The number of ketones is 2. The number of rotatable bonds is 21. The number of amidine groups is 1. The van der Waals surface area contributed by atoms with Gasteiger partial charge in [-0.05, 0) is 128 Å². The van der Waals surface area contributed by atoms with Gasteiger partial charge in [0.25, 0.3) is 11.5 Å². The van der Waals surface area contributed by atoms with Gasteiger partial charge in [0, 0.05) is 30.9 Å². The van der Waals surface area contributed by atoms with E-state index in [1.165, 1.54) is 99.4 Å².